The summed E-state index contributed by atoms with van der Waals surface area (Å²) < 4.78 is 9.56. The van der Waals surface area contributed by atoms with E-state index in [1.54, 1.807) is 24.5 Å². The zero-order chi connectivity index (χ0) is 19.2. The molecule has 3 rings (SSSR count). The van der Waals surface area contributed by atoms with Crippen molar-refractivity contribution in [2.75, 3.05) is 25.0 Å². The van der Waals surface area contributed by atoms with Crippen molar-refractivity contribution < 1.29 is 14.6 Å². The molecule has 4 N–H and O–H groups in total. The van der Waals surface area contributed by atoms with Gasteiger partial charge in [-0.05, 0) is 31.5 Å². The van der Waals surface area contributed by atoms with E-state index in [1.807, 2.05) is 22.5 Å². The van der Waals surface area contributed by atoms with Crippen LogP contribution in [-0.4, -0.2) is 50.1 Å². The Balaban J connectivity index is 1.74. The zero-order valence-corrected chi connectivity index (χ0v) is 15.3. The summed E-state index contributed by atoms with van der Waals surface area (Å²) in [4.78, 5) is 15.6. The number of hydrogen-bond acceptors (Lipinski definition) is 6. The number of rotatable bonds is 10. The molecule has 144 valence electrons. The van der Waals surface area contributed by atoms with Crippen molar-refractivity contribution in [3.63, 3.8) is 0 Å². The number of nitrogens with zero attached hydrogens (tertiary/aromatic N) is 4. The Morgan fingerprint density at radius 1 is 1.37 bits per heavy atom. The minimum atomic E-state index is -0.993. The van der Waals surface area contributed by atoms with Gasteiger partial charge < -0.3 is 25.5 Å². The lowest BCUT2D eigenvalue weighted by molar-refractivity contribution is 0.0696. The minimum Gasteiger partial charge on any atom is -0.491 e. The third kappa shape index (κ3) is 4.37. The van der Waals surface area contributed by atoms with Crippen LogP contribution in [0.1, 0.15) is 23.2 Å². The molecular formula is C18H24N6O3. The Labute approximate surface area is 156 Å². The van der Waals surface area contributed by atoms with E-state index in [2.05, 4.69) is 15.4 Å². The van der Waals surface area contributed by atoms with Crippen molar-refractivity contribution >= 4 is 22.8 Å². The number of nitrogens with one attached hydrogen (secondary N) is 1. The van der Waals surface area contributed by atoms with Gasteiger partial charge in [0.05, 0.1) is 18.4 Å². The summed E-state index contributed by atoms with van der Waals surface area (Å²) in [5.41, 5.74) is 6.50. The van der Waals surface area contributed by atoms with Gasteiger partial charge in [0.1, 0.15) is 11.3 Å². The van der Waals surface area contributed by atoms with E-state index in [1.165, 1.54) is 0 Å². The number of aromatic nitrogens is 4. The number of aromatic carboxylic acids is 1. The van der Waals surface area contributed by atoms with E-state index < -0.39 is 5.97 Å². The molecule has 1 aromatic carbocycles. The highest BCUT2D eigenvalue weighted by Crippen LogP contribution is 2.28. The number of carbonyl (C=O) groups is 1. The molecule has 0 bridgehead atoms. The molecule has 0 saturated heterocycles. The number of hydrogen-bond donors (Lipinski definition) is 3. The molecule has 0 fully saturated rings. The lowest BCUT2D eigenvalue weighted by atomic mass is 10.1. The number of carboxylic acid groups (broad SMARTS) is 1. The fourth-order valence-electron chi connectivity index (χ4n) is 2.83. The van der Waals surface area contributed by atoms with Crippen molar-refractivity contribution in [1.29, 1.82) is 0 Å². The fourth-order valence-corrected chi connectivity index (χ4v) is 2.83. The number of nitrogens with two attached hydrogens (primary N) is 1. The van der Waals surface area contributed by atoms with Gasteiger partial charge >= 0.3 is 5.97 Å². The Hall–Kier alpha value is -3.07. The van der Waals surface area contributed by atoms with Crippen molar-refractivity contribution in [2.24, 2.45) is 12.8 Å². The van der Waals surface area contributed by atoms with E-state index >= 15 is 0 Å². The minimum absolute atomic E-state index is 0.182. The van der Waals surface area contributed by atoms with E-state index in [0.717, 1.165) is 29.8 Å². The summed E-state index contributed by atoms with van der Waals surface area (Å²) in [6.07, 6.45) is 6.82. The Morgan fingerprint density at radius 2 is 2.22 bits per heavy atom. The van der Waals surface area contributed by atoms with Gasteiger partial charge in [0, 0.05) is 37.9 Å². The van der Waals surface area contributed by atoms with Crippen molar-refractivity contribution in [1.82, 2.24) is 19.3 Å². The summed E-state index contributed by atoms with van der Waals surface area (Å²) in [6, 6.07) is 3.16. The molecule has 0 saturated carbocycles. The van der Waals surface area contributed by atoms with Gasteiger partial charge in [0.15, 0.2) is 0 Å². The normalized spacial score (nSPS) is 11.0. The summed E-state index contributed by atoms with van der Waals surface area (Å²) in [5.74, 6) is 0.345. The smallest absolute Gasteiger partial charge is 0.335 e. The van der Waals surface area contributed by atoms with Crippen molar-refractivity contribution in [3.8, 4) is 5.75 Å². The van der Waals surface area contributed by atoms with Crippen LogP contribution in [0.5, 0.6) is 5.75 Å². The Morgan fingerprint density at radius 3 is 2.93 bits per heavy atom. The molecule has 0 aliphatic heterocycles. The summed E-state index contributed by atoms with van der Waals surface area (Å²) >= 11 is 0. The molecule has 27 heavy (non-hydrogen) atoms. The monoisotopic (exact) mass is 372 g/mol. The van der Waals surface area contributed by atoms with E-state index in [4.69, 9.17) is 10.5 Å². The Bertz CT molecular complexity index is 917. The molecule has 9 heteroatoms. The average Bonchev–Trinajstić information content (AvgIpc) is 3.25. The number of fused-ring (bicyclic) bond motifs is 1. The first-order chi connectivity index (χ1) is 13.1. The number of anilines is 1. The molecule has 0 radical (unpaired) electrons. The fraction of sp³-hybridized carbons (Fsp3) is 0.389. The number of benzene rings is 1. The van der Waals surface area contributed by atoms with Gasteiger partial charge in [-0.2, -0.15) is 5.10 Å². The third-order valence-corrected chi connectivity index (χ3v) is 4.20. The van der Waals surface area contributed by atoms with Gasteiger partial charge in [-0.1, -0.05) is 0 Å². The average molecular weight is 372 g/mol. The van der Waals surface area contributed by atoms with Crippen LogP contribution >= 0.6 is 0 Å². The van der Waals surface area contributed by atoms with Crippen LogP contribution in [0.2, 0.25) is 0 Å². The van der Waals surface area contributed by atoms with Crippen LogP contribution in [0.4, 0.5) is 5.95 Å². The second kappa shape index (κ2) is 8.54. The number of ether oxygens (including phenoxy) is 1. The lowest BCUT2D eigenvalue weighted by Crippen LogP contribution is -2.11. The van der Waals surface area contributed by atoms with Gasteiger partial charge in [0.2, 0.25) is 5.95 Å². The quantitative estimate of drug-likeness (QED) is 0.463. The molecule has 0 aliphatic rings. The number of imidazole rings is 1. The molecule has 0 aliphatic carbocycles. The van der Waals surface area contributed by atoms with Crippen LogP contribution < -0.4 is 15.8 Å². The predicted octanol–water partition coefficient (Wildman–Crippen LogP) is 1.70. The maximum atomic E-state index is 11.4. The van der Waals surface area contributed by atoms with Crippen molar-refractivity contribution in [3.05, 3.63) is 36.3 Å². The lowest BCUT2D eigenvalue weighted by Gasteiger charge is -2.11. The van der Waals surface area contributed by atoms with E-state index in [0.29, 0.717) is 31.9 Å². The van der Waals surface area contributed by atoms with E-state index in [9.17, 15) is 9.90 Å². The molecule has 2 aromatic heterocycles. The first kappa shape index (κ1) is 18.7. The van der Waals surface area contributed by atoms with Crippen molar-refractivity contribution in [2.45, 2.75) is 19.4 Å². The third-order valence-electron chi connectivity index (χ3n) is 4.20. The van der Waals surface area contributed by atoms with Gasteiger partial charge in [-0.3, -0.25) is 4.68 Å². The summed E-state index contributed by atoms with van der Waals surface area (Å²) in [6.45, 7) is 2.35. The molecule has 0 spiro atoms. The van der Waals surface area contributed by atoms with Gasteiger partial charge in [-0.25, -0.2) is 9.78 Å². The molecule has 0 unspecified atom stereocenters. The molecule has 3 aromatic rings. The highest BCUT2D eigenvalue weighted by molar-refractivity contribution is 5.96. The second-order valence-electron chi connectivity index (χ2n) is 6.22. The standard InChI is InChI=1S/C18H24N6O3/c1-23-8-6-21-18(23)20-5-3-7-24-16-14(12-22-24)10-13(17(25)26)11-15(16)27-9-2-4-19/h6,8,10-12H,2-5,7,9,19H2,1H3,(H,20,21)(H,25,26). The number of aryl methyl sites for hydroxylation is 2. The highest BCUT2D eigenvalue weighted by atomic mass is 16.5. The largest absolute Gasteiger partial charge is 0.491 e. The predicted molar refractivity (Wildman–Crippen MR) is 102 cm³/mol. The van der Waals surface area contributed by atoms with Crippen LogP contribution in [0, 0.1) is 0 Å². The van der Waals surface area contributed by atoms with Crippen LogP contribution in [-0.2, 0) is 13.6 Å². The number of carboxylic acids is 1. The molecule has 0 atom stereocenters. The van der Waals surface area contributed by atoms with Crippen LogP contribution in [0.15, 0.2) is 30.7 Å². The maximum absolute atomic E-state index is 11.4. The molecule has 0 amide bonds. The topological polar surface area (TPSA) is 120 Å². The molecular weight excluding hydrogens is 348 g/mol. The van der Waals surface area contributed by atoms with Gasteiger partial charge in [-0.15, -0.1) is 0 Å². The SMILES string of the molecule is Cn1ccnc1NCCCn1ncc2cc(C(=O)O)cc(OCCCN)c21. The summed E-state index contributed by atoms with van der Waals surface area (Å²) in [7, 11) is 1.93. The first-order valence-corrected chi connectivity index (χ1v) is 8.87. The second-order valence-corrected chi connectivity index (χ2v) is 6.22. The highest BCUT2D eigenvalue weighted by Gasteiger charge is 2.14. The van der Waals surface area contributed by atoms with Gasteiger partial charge in [0.25, 0.3) is 0 Å². The van der Waals surface area contributed by atoms with Crippen LogP contribution in [0.3, 0.4) is 0 Å². The maximum Gasteiger partial charge on any atom is 0.335 e. The zero-order valence-electron chi connectivity index (χ0n) is 15.3. The van der Waals surface area contributed by atoms with E-state index in [-0.39, 0.29) is 5.56 Å². The Kier molecular flexibility index (Phi) is 5.92. The van der Waals surface area contributed by atoms with Crippen LogP contribution in [0.25, 0.3) is 10.9 Å². The molecule has 9 nitrogen and oxygen atoms in total. The first-order valence-electron chi connectivity index (χ1n) is 8.87. The summed E-state index contributed by atoms with van der Waals surface area (Å²) in [5, 5.41) is 17.7. The molecule has 2 heterocycles.